The Bertz CT molecular complexity index is 412. The number of aliphatic carboxylic acids is 1. The molecule has 0 aliphatic carbocycles. The van der Waals surface area contributed by atoms with Crippen LogP contribution in [0.15, 0.2) is 6.07 Å². The zero-order valence-corrected chi connectivity index (χ0v) is 10.9. The van der Waals surface area contributed by atoms with Gasteiger partial charge in [-0.1, -0.05) is 0 Å². The highest BCUT2D eigenvalue weighted by molar-refractivity contribution is 7.12. The first-order valence-electron chi connectivity index (χ1n) is 5.57. The fraction of sp³-hybridized carbons (Fsp3) is 0.500. The van der Waals surface area contributed by atoms with Gasteiger partial charge in [-0.3, -0.25) is 9.59 Å². The van der Waals surface area contributed by atoms with E-state index < -0.39 is 5.97 Å². The maximum absolute atomic E-state index is 11.8. The molecule has 94 valence electrons. The van der Waals surface area contributed by atoms with Crippen molar-refractivity contribution in [3.63, 3.8) is 0 Å². The first-order valence-corrected chi connectivity index (χ1v) is 6.39. The van der Waals surface area contributed by atoms with Gasteiger partial charge in [0.2, 0.25) is 0 Å². The summed E-state index contributed by atoms with van der Waals surface area (Å²) in [6.07, 6.45) is 1.45. The van der Waals surface area contributed by atoms with E-state index in [4.69, 9.17) is 5.11 Å². The van der Waals surface area contributed by atoms with Gasteiger partial charge in [0, 0.05) is 22.7 Å². The largest absolute Gasteiger partial charge is 0.481 e. The van der Waals surface area contributed by atoms with Crippen LogP contribution in [-0.4, -0.2) is 23.5 Å². The van der Waals surface area contributed by atoms with E-state index in [-0.39, 0.29) is 12.3 Å². The highest BCUT2D eigenvalue weighted by Gasteiger charge is 2.10. The Morgan fingerprint density at radius 2 is 2.06 bits per heavy atom. The molecule has 0 spiro atoms. The molecule has 1 aromatic heterocycles. The molecule has 1 rings (SSSR count). The number of hydrogen-bond donors (Lipinski definition) is 2. The van der Waals surface area contributed by atoms with Gasteiger partial charge in [-0.05, 0) is 32.8 Å². The van der Waals surface area contributed by atoms with E-state index in [2.05, 4.69) is 5.32 Å². The number of unbranched alkanes of at least 4 members (excludes halogenated alkanes) is 1. The van der Waals surface area contributed by atoms with Crippen molar-refractivity contribution >= 4 is 23.2 Å². The minimum Gasteiger partial charge on any atom is -0.481 e. The Morgan fingerprint density at radius 1 is 1.35 bits per heavy atom. The molecule has 0 unspecified atom stereocenters. The smallest absolute Gasteiger partial charge is 0.303 e. The third-order valence-corrected chi connectivity index (χ3v) is 3.35. The molecule has 0 aromatic carbocycles. The van der Waals surface area contributed by atoms with Crippen LogP contribution in [0.25, 0.3) is 0 Å². The third-order valence-electron chi connectivity index (χ3n) is 2.39. The summed E-state index contributed by atoms with van der Waals surface area (Å²) in [5.74, 6) is -0.859. The average Bonchev–Trinajstić information content (AvgIpc) is 2.56. The normalized spacial score (nSPS) is 10.2. The van der Waals surface area contributed by atoms with Gasteiger partial charge in [0.1, 0.15) is 0 Å². The van der Waals surface area contributed by atoms with Crippen molar-refractivity contribution in [2.45, 2.75) is 33.1 Å². The maximum atomic E-state index is 11.8. The quantitative estimate of drug-likeness (QED) is 0.767. The maximum Gasteiger partial charge on any atom is 0.303 e. The van der Waals surface area contributed by atoms with Gasteiger partial charge in [-0.15, -0.1) is 11.3 Å². The fourth-order valence-corrected chi connectivity index (χ4v) is 2.48. The van der Waals surface area contributed by atoms with E-state index in [9.17, 15) is 9.59 Å². The van der Waals surface area contributed by atoms with Crippen molar-refractivity contribution in [3.8, 4) is 0 Å². The summed E-state index contributed by atoms with van der Waals surface area (Å²) in [5, 5.41) is 11.3. The standard InChI is InChI=1S/C12H17NO3S/c1-8-7-10(9(2)17-8)12(16)13-6-4-3-5-11(14)15/h7H,3-6H2,1-2H3,(H,13,16)(H,14,15). The summed E-state index contributed by atoms with van der Waals surface area (Å²) >= 11 is 1.61. The molecular formula is C12H17NO3S. The molecule has 0 bridgehead atoms. The highest BCUT2D eigenvalue weighted by Crippen LogP contribution is 2.20. The van der Waals surface area contributed by atoms with E-state index in [0.29, 0.717) is 19.4 Å². The lowest BCUT2D eigenvalue weighted by Gasteiger charge is -2.03. The molecular weight excluding hydrogens is 238 g/mol. The van der Waals surface area contributed by atoms with Crippen LogP contribution >= 0.6 is 11.3 Å². The van der Waals surface area contributed by atoms with Crippen molar-refractivity contribution in [2.24, 2.45) is 0 Å². The fourth-order valence-electron chi connectivity index (χ4n) is 1.55. The van der Waals surface area contributed by atoms with E-state index in [1.165, 1.54) is 0 Å². The molecule has 0 saturated heterocycles. The number of carbonyl (C=O) groups excluding carboxylic acids is 1. The van der Waals surface area contributed by atoms with Gasteiger partial charge in [0.25, 0.3) is 5.91 Å². The second kappa shape index (κ2) is 6.39. The van der Waals surface area contributed by atoms with Gasteiger partial charge >= 0.3 is 5.97 Å². The second-order valence-corrected chi connectivity index (χ2v) is 5.39. The minimum absolute atomic E-state index is 0.0674. The molecule has 17 heavy (non-hydrogen) atoms. The number of nitrogens with one attached hydrogen (secondary N) is 1. The van der Waals surface area contributed by atoms with Crippen LogP contribution in [0.2, 0.25) is 0 Å². The van der Waals surface area contributed by atoms with Gasteiger partial charge in [-0.25, -0.2) is 0 Å². The van der Waals surface area contributed by atoms with Crippen molar-refractivity contribution in [2.75, 3.05) is 6.54 Å². The third kappa shape index (κ3) is 4.56. The number of carboxylic acid groups (broad SMARTS) is 1. The summed E-state index contributed by atoms with van der Waals surface area (Å²) in [7, 11) is 0. The van der Waals surface area contributed by atoms with Crippen molar-refractivity contribution in [1.82, 2.24) is 5.32 Å². The number of carboxylic acids is 1. The van der Waals surface area contributed by atoms with Crippen LogP contribution in [0, 0.1) is 13.8 Å². The van der Waals surface area contributed by atoms with Crippen LogP contribution in [0.3, 0.4) is 0 Å². The Balaban J connectivity index is 2.30. The molecule has 0 aliphatic rings. The van der Waals surface area contributed by atoms with Crippen LogP contribution in [0.1, 0.15) is 39.4 Å². The summed E-state index contributed by atoms with van der Waals surface area (Å²) in [5.41, 5.74) is 0.728. The number of carbonyl (C=O) groups is 2. The zero-order chi connectivity index (χ0) is 12.8. The summed E-state index contributed by atoms with van der Waals surface area (Å²) in [6.45, 7) is 4.43. The molecule has 0 aliphatic heterocycles. The molecule has 1 amide bonds. The van der Waals surface area contributed by atoms with Crippen molar-refractivity contribution < 1.29 is 14.7 Å². The monoisotopic (exact) mass is 255 g/mol. The number of thiophene rings is 1. The lowest BCUT2D eigenvalue weighted by atomic mass is 10.2. The summed E-state index contributed by atoms with van der Waals surface area (Å²) in [6, 6.07) is 1.88. The van der Waals surface area contributed by atoms with Crippen LogP contribution in [0.4, 0.5) is 0 Å². The van der Waals surface area contributed by atoms with Gasteiger partial charge < -0.3 is 10.4 Å². The van der Waals surface area contributed by atoms with Crippen molar-refractivity contribution in [1.29, 1.82) is 0 Å². The number of aryl methyl sites for hydroxylation is 2. The van der Waals surface area contributed by atoms with Gasteiger partial charge in [0.05, 0.1) is 5.56 Å². The molecule has 0 fully saturated rings. The second-order valence-electron chi connectivity index (χ2n) is 3.93. The molecule has 0 radical (unpaired) electrons. The average molecular weight is 255 g/mol. The Kier molecular flexibility index (Phi) is 5.15. The topological polar surface area (TPSA) is 66.4 Å². The lowest BCUT2D eigenvalue weighted by molar-refractivity contribution is -0.137. The number of hydrogen-bond acceptors (Lipinski definition) is 3. The number of amides is 1. The molecule has 4 nitrogen and oxygen atoms in total. The first kappa shape index (κ1) is 13.7. The molecule has 2 N–H and O–H groups in total. The van der Waals surface area contributed by atoms with E-state index >= 15 is 0 Å². The Morgan fingerprint density at radius 3 is 2.59 bits per heavy atom. The first-order chi connectivity index (χ1) is 8.00. The van der Waals surface area contributed by atoms with Crippen molar-refractivity contribution in [3.05, 3.63) is 21.4 Å². The van der Waals surface area contributed by atoms with Gasteiger partial charge in [0.15, 0.2) is 0 Å². The predicted octanol–water partition coefficient (Wildman–Crippen LogP) is 2.35. The Labute approximate surface area is 105 Å². The lowest BCUT2D eigenvalue weighted by Crippen LogP contribution is -2.24. The minimum atomic E-state index is -0.791. The van der Waals surface area contributed by atoms with Crippen LogP contribution in [-0.2, 0) is 4.79 Å². The van der Waals surface area contributed by atoms with E-state index in [1.807, 2.05) is 19.9 Å². The summed E-state index contributed by atoms with van der Waals surface area (Å²) < 4.78 is 0. The number of rotatable bonds is 6. The summed E-state index contributed by atoms with van der Waals surface area (Å²) in [4.78, 5) is 24.2. The molecule has 0 atom stereocenters. The van der Waals surface area contributed by atoms with Crippen LogP contribution < -0.4 is 5.32 Å². The SMILES string of the molecule is Cc1cc(C(=O)NCCCCC(=O)O)c(C)s1. The molecule has 1 aromatic rings. The molecule has 5 heteroatoms. The van der Waals surface area contributed by atoms with E-state index in [1.54, 1.807) is 11.3 Å². The predicted molar refractivity (Wildman–Crippen MR) is 67.6 cm³/mol. The zero-order valence-electron chi connectivity index (χ0n) is 10.1. The van der Waals surface area contributed by atoms with E-state index in [0.717, 1.165) is 15.3 Å². The van der Waals surface area contributed by atoms with Gasteiger partial charge in [-0.2, -0.15) is 0 Å². The Hall–Kier alpha value is -1.36. The molecule has 1 heterocycles. The molecule has 0 saturated carbocycles. The highest BCUT2D eigenvalue weighted by atomic mass is 32.1. The van der Waals surface area contributed by atoms with Crippen LogP contribution in [0.5, 0.6) is 0 Å².